The summed E-state index contributed by atoms with van der Waals surface area (Å²) in [6, 6.07) is 0. The van der Waals surface area contributed by atoms with Gasteiger partial charge in [-0.2, -0.15) is 0 Å². The van der Waals surface area contributed by atoms with E-state index in [0.29, 0.717) is 0 Å². The molecule has 0 atom stereocenters. The van der Waals surface area contributed by atoms with Crippen molar-refractivity contribution in [2.24, 2.45) is 0 Å². The van der Waals surface area contributed by atoms with Gasteiger partial charge in [0.15, 0.2) is 5.78 Å². The van der Waals surface area contributed by atoms with E-state index in [1.165, 1.54) is 13.8 Å². The molecule has 0 spiro atoms. The summed E-state index contributed by atoms with van der Waals surface area (Å²) >= 11 is 0. The van der Waals surface area contributed by atoms with Gasteiger partial charge < -0.3 is 5.11 Å². The number of hydrogen-bond acceptors (Lipinski definition) is 2. The molecule has 0 aromatic rings. The Morgan fingerprint density at radius 3 is 1.88 bits per heavy atom. The molecule has 0 aliphatic carbocycles. The Kier molecular flexibility index (Phi) is 6.64. The summed E-state index contributed by atoms with van der Waals surface area (Å²) in [5.74, 6) is -0.375. The normalized spacial score (nSPS) is 10.0. The molecule has 0 fully saturated rings. The number of allylic oxidation sites excluding steroid dienone is 2. The van der Waals surface area contributed by atoms with Crippen molar-refractivity contribution in [2.45, 2.75) is 13.8 Å². The van der Waals surface area contributed by atoms with Gasteiger partial charge in [0.05, 0.1) is 0 Å². The topological polar surface area (TPSA) is 40.1 Å². The van der Waals surface area contributed by atoms with Crippen LogP contribution in [0.15, 0.2) is 11.8 Å². The van der Waals surface area contributed by atoms with Crippen molar-refractivity contribution in [1.82, 2.24) is 0 Å². The van der Waals surface area contributed by atoms with Crippen LogP contribution < -0.4 is 24.0 Å². The maximum absolute atomic E-state index is 9.98. The molecule has 0 rings (SSSR count). The predicted octanol–water partition coefficient (Wildman–Crippen LogP) is -3.16. The zero-order valence-corrected chi connectivity index (χ0v) is 5.39. The molecule has 2 nitrogen and oxygen atoms in total. The molecule has 0 saturated carbocycles. The fraction of sp³-hybridized carbons (Fsp3) is 0.400. The Balaban J connectivity index is 0. The molecule has 0 aliphatic heterocycles. The Bertz CT molecular complexity index is 103. The number of carbonyl (C=O) groups excluding carboxylic acids is 1. The molecule has 0 amide bonds. The van der Waals surface area contributed by atoms with Crippen molar-refractivity contribution in [1.29, 1.82) is 0 Å². The van der Waals surface area contributed by atoms with Crippen molar-refractivity contribution in [2.75, 3.05) is 0 Å². The van der Waals surface area contributed by atoms with E-state index < -0.39 is 0 Å². The molecule has 0 saturated heterocycles. The van der Waals surface area contributed by atoms with Crippen LogP contribution in [0.1, 0.15) is 13.8 Å². The summed E-state index contributed by atoms with van der Waals surface area (Å²) in [5.41, 5.74) is 0. The van der Waals surface area contributed by atoms with E-state index >= 15 is 0 Å². The molecule has 0 aromatic heterocycles. The Morgan fingerprint density at radius 2 is 1.88 bits per heavy atom. The van der Waals surface area contributed by atoms with Crippen LogP contribution >= 0.6 is 0 Å². The monoisotopic (exact) mass is 106 g/mol. The summed E-state index contributed by atoms with van der Waals surface area (Å²) in [7, 11) is 0. The van der Waals surface area contributed by atoms with Crippen LogP contribution in [-0.4, -0.2) is 5.78 Å². The van der Waals surface area contributed by atoms with Gasteiger partial charge in [-0.05, 0) is 13.0 Å². The fourth-order valence-electron chi connectivity index (χ4n) is 0.286. The molecule has 3 heteroatoms. The number of rotatable bonds is 1. The van der Waals surface area contributed by atoms with Crippen molar-refractivity contribution < 1.29 is 28.8 Å². The third-order valence-corrected chi connectivity index (χ3v) is 0.407. The predicted molar refractivity (Wildman–Crippen MR) is 24.4 cm³/mol. The minimum absolute atomic E-state index is 0. The summed E-state index contributed by atoms with van der Waals surface area (Å²) in [4.78, 5) is 9.98. The van der Waals surface area contributed by atoms with Gasteiger partial charge in [0.25, 0.3) is 0 Å². The van der Waals surface area contributed by atoms with Crippen LogP contribution in [0, 0.1) is 0 Å². The van der Waals surface area contributed by atoms with Crippen LogP contribution in [0.25, 0.3) is 0 Å². The average molecular weight is 106 g/mol. The average Bonchev–Trinajstić information content (AvgIpc) is 1.27. The first-order valence-electron chi connectivity index (χ1n) is 1.99. The Hall–Kier alpha value is -0.193. The van der Waals surface area contributed by atoms with E-state index in [0.717, 1.165) is 6.08 Å². The summed E-state index contributed by atoms with van der Waals surface area (Å²) < 4.78 is 0. The second kappa shape index (κ2) is 4.95. The van der Waals surface area contributed by atoms with Crippen LogP contribution in [0.2, 0.25) is 0 Å². The fourth-order valence-corrected chi connectivity index (χ4v) is 0.286. The zero-order valence-electron chi connectivity index (χ0n) is 5.39. The number of carbonyl (C=O) groups is 1. The number of hydrogen-bond donors (Lipinski definition) is 0. The second-order valence-corrected chi connectivity index (χ2v) is 1.37. The van der Waals surface area contributed by atoms with Crippen LogP contribution in [0.3, 0.4) is 0 Å². The van der Waals surface area contributed by atoms with Gasteiger partial charge in [-0.25, -0.2) is 0 Å². The molecule has 0 radical (unpaired) electrons. The van der Waals surface area contributed by atoms with Gasteiger partial charge in [0.2, 0.25) is 0 Å². The van der Waals surface area contributed by atoms with E-state index in [9.17, 15) is 9.90 Å². The summed E-state index contributed by atoms with van der Waals surface area (Å²) in [6.07, 6.45) is 1.06. The van der Waals surface area contributed by atoms with E-state index in [-0.39, 0.29) is 30.4 Å². The number of ketones is 1. The Labute approximate surface area is 60.8 Å². The zero-order chi connectivity index (χ0) is 5.86. The van der Waals surface area contributed by atoms with Gasteiger partial charge in [-0.15, -0.1) is 5.76 Å². The SMILES string of the molecule is CC(=O)/C=C(/C)[O-].[Li+]. The first-order chi connectivity index (χ1) is 3.13. The van der Waals surface area contributed by atoms with Crippen molar-refractivity contribution in [3.8, 4) is 0 Å². The maximum atomic E-state index is 9.98. The van der Waals surface area contributed by atoms with E-state index in [4.69, 9.17) is 0 Å². The first kappa shape index (κ1) is 10.7. The molecule has 40 valence electrons. The maximum Gasteiger partial charge on any atom is 1.00 e. The standard InChI is InChI=1S/C5H8O2.Li/c1-4(6)3-5(2)7;/h3,6H,1-2H3;/q;+1/p-1/b4-3-;. The molecule has 0 aromatic carbocycles. The molecular weight excluding hydrogens is 99.0 g/mol. The Morgan fingerprint density at radius 1 is 1.50 bits per heavy atom. The smallest absolute Gasteiger partial charge is 0.876 e. The van der Waals surface area contributed by atoms with Crippen molar-refractivity contribution in [3.05, 3.63) is 11.8 Å². The third kappa shape index (κ3) is 9.26. The van der Waals surface area contributed by atoms with Crippen LogP contribution in [0.5, 0.6) is 0 Å². The molecule has 0 bridgehead atoms. The van der Waals surface area contributed by atoms with Gasteiger partial charge in [-0.1, -0.05) is 6.92 Å². The molecular formula is C5H7LiO2. The van der Waals surface area contributed by atoms with E-state index in [2.05, 4.69) is 0 Å². The summed E-state index contributed by atoms with van der Waals surface area (Å²) in [6.45, 7) is 2.70. The van der Waals surface area contributed by atoms with E-state index in [1.54, 1.807) is 0 Å². The second-order valence-electron chi connectivity index (χ2n) is 1.37. The quantitative estimate of drug-likeness (QED) is 0.201. The largest absolute Gasteiger partial charge is 1.00 e. The van der Waals surface area contributed by atoms with Gasteiger partial charge in [0, 0.05) is 0 Å². The molecule has 8 heavy (non-hydrogen) atoms. The minimum atomic E-state index is -0.187. The van der Waals surface area contributed by atoms with Gasteiger partial charge in [-0.3, -0.25) is 4.79 Å². The van der Waals surface area contributed by atoms with Crippen LogP contribution in [-0.2, 0) is 4.79 Å². The molecule has 0 unspecified atom stereocenters. The van der Waals surface area contributed by atoms with Crippen molar-refractivity contribution >= 4 is 5.78 Å². The van der Waals surface area contributed by atoms with Crippen LogP contribution in [0.4, 0.5) is 0 Å². The molecule has 0 aliphatic rings. The van der Waals surface area contributed by atoms with Crippen molar-refractivity contribution in [3.63, 3.8) is 0 Å². The third-order valence-electron chi connectivity index (χ3n) is 0.407. The summed E-state index contributed by atoms with van der Waals surface area (Å²) in [5, 5.41) is 9.98. The first-order valence-corrected chi connectivity index (χ1v) is 1.99. The molecule has 0 N–H and O–H groups in total. The van der Waals surface area contributed by atoms with Gasteiger partial charge in [0.1, 0.15) is 0 Å². The van der Waals surface area contributed by atoms with E-state index in [1.807, 2.05) is 0 Å². The molecule has 0 heterocycles. The van der Waals surface area contributed by atoms with Gasteiger partial charge >= 0.3 is 18.9 Å². The minimum Gasteiger partial charge on any atom is -0.876 e.